The highest BCUT2D eigenvalue weighted by atomic mass is 35.5. The summed E-state index contributed by atoms with van der Waals surface area (Å²) in [4.78, 5) is 18.8. The number of halogens is 1. The number of nitro groups is 1. The molecule has 5 nitrogen and oxygen atoms in total. The van der Waals surface area contributed by atoms with Gasteiger partial charge in [0, 0.05) is 17.4 Å². The summed E-state index contributed by atoms with van der Waals surface area (Å²) in [5.41, 5.74) is 0.245. The van der Waals surface area contributed by atoms with Gasteiger partial charge in [-0.25, -0.2) is 9.97 Å². The van der Waals surface area contributed by atoms with E-state index < -0.39 is 4.92 Å². The molecule has 2 rings (SSSR count). The van der Waals surface area contributed by atoms with E-state index in [2.05, 4.69) is 9.97 Å². The summed E-state index contributed by atoms with van der Waals surface area (Å²) in [6.45, 7) is 3.82. The maximum atomic E-state index is 10.9. The Morgan fingerprint density at radius 2 is 2.06 bits per heavy atom. The third-order valence-electron chi connectivity index (χ3n) is 2.39. The topological polar surface area (TPSA) is 68.9 Å². The molecular formula is C11H10ClN3O2. The minimum atomic E-state index is -0.463. The van der Waals surface area contributed by atoms with Crippen LogP contribution in [0.15, 0.2) is 18.2 Å². The Morgan fingerprint density at radius 1 is 1.35 bits per heavy atom. The number of fused-ring (bicyclic) bond motifs is 1. The van der Waals surface area contributed by atoms with Gasteiger partial charge in [0.15, 0.2) is 5.52 Å². The van der Waals surface area contributed by atoms with E-state index >= 15 is 0 Å². The molecule has 0 N–H and O–H groups in total. The SMILES string of the molecule is CC(C)c1nc(Cl)c2cccc([N+](=O)[O-])c2n1. The first-order valence-electron chi connectivity index (χ1n) is 5.11. The Morgan fingerprint density at radius 3 is 2.65 bits per heavy atom. The lowest BCUT2D eigenvalue weighted by molar-refractivity contribution is -0.383. The maximum Gasteiger partial charge on any atom is 0.295 e. The Balaban J connectivity index is 2.83. The maximum absolute atomic E-state index is 10.9. The molecule has 0 aliphatic heterocycles. The van der Waals surface area contributed by atoms with Crippen molar-refractivity contribution in [2.75, 3.05) is 0 Å². The number of hydrogen-bond acceptors (Lipinski definition) is 4. The third kappa shape index (κ3) is 2.06. The van der Waals surface area contributed by atoms with Crippen molar-refractivity contribution in [3.05, 3.63) is 39.3 Å². The van der Waals surface area contributed by atoms with Crippen LogP contribution in [-0.4, -0.2) is 14.9 Å². The first kappa shape index (κ1) is 11.7. The van der Waals surface area contributed by atoms with Gasteiger partial charge in [-0.05, 0) is 6.07 Å². The second kappa shape index (κ2) is 4.25. The summed E-state index contributed by atoms with van der Waals surface area (Å²) in [6.07, 6.45) is 0. The van der Waals surface area contributed by atoms with Crippen LogP contribution in [0, 0.1) is 10.1 Å². The molecule has 6 heteroatoms. The molecule has 0 saturated heterocycles. The fourth-order valence-corrected chi connectivity index (χ4v) is 1.76. The van der Waals surface area contributed by atoms with Crippen molar-refractivity contribution in [2.24, 2.45) is 0 Å². The summed E-state index contributed by atoms with van der Waals surface area (Å²) in [6, 6.07) is 4.66. The van der Waals surface area contributed by atoms with Crippen LogP contribution in [0.3, 0.4) is 0 Å². The molecule has 17 heavy (non-hydrogen) atoms. The van der Waals surface area contributed by atoms with Crippen LogP contribution < -0.4 is 0 Å². The van der Waals surface area contributed by atoms with Gasteiger partial charge in [-0.15, -0.1) is 0 Å². The lowest BCUT2D eigenvalue weighted by atomic mass is 10.1. The number of nitro benzene ring substituents is 1. The van der Waals surface area contributed by atoms with E-state index in [0.29, 0.717) is 16.7 Å². The fraction of sp³-hybridized carbons (Fsp3) is 0.273. The lowest BCUT2D eigenvalue weighted by Gasteiger charge is -2.06. The summed E-state index contributed by atoms with van der Waals surface area (Å²) < 4.78 is 0. The third-order valence-corrected chi connectivity index (χ3v) is 2.68. The van der Waals surface area contributed by atoms with Gasteiger partial charge in [0.25, 0.3) is 5.69 Å². The molecule has 1 aromatic heterocycles. The molecule has 88 valence electrons. The minimum Gasteiger partial charge on any atom is -0.258 e. The van der Waals surface area contributed by atoms with Crippen molar-refractivity contribution in [3.63, 3.8) is 0 Å². The first-order chi connectivity index (χ1) is 8.00. The molecule has 0 aliphatic carbocycles. The summed E-state index contributed by atoms with van der Waals surface area (Å²) in [7, 11) is 0. The zero-order valence-corrected chi connectivity index (χ0v) is 10.1. The molecule has 1 heterocycles. The van der Waals surface area contributed by atoms with Crippen LogP contribution >= 0.6 is 11.6 Å². The number of aromatic nitrogens is 2. The lowest BCUT2D eigenvalue weighted by Crippen LogP contribution is -2.00. The highest BCUT2D eigenvalue weighted by Gasteiger charge is 2.17. The van der Waals surface area contributed by atoms with Crippen LogP contribution in [0.5, 0.6) is 0 Å². The molecule has 0 saturated carbocycles. The smallest absolute Gasteiger partial charge is 0.258 e. The van der Waals surface area contributed by atoms with Gasteiger partial charge in [0.2, 0.25) is 0 Å². The van der Waals surface area contributed by atoms with Gasteiger partial charge in [0.1, 0.15) is 11.0 Å². The van der Waals surface area contributed by atoms with Crippen molar-refractivity contribution in [1.82, 2.24) is 9.97 Å². The standard InChI is InChI=1S/C11H10ClN3O2/c1-6(2)11-13-9-7(10(12)14-11)4-3-5-8(9)15(16)17/h3-6H,1-2H3. The van der Waals surface area contributed by atoms with Crippen LogP contribution in [-0.2, 0) is 0 Å². The van der Waals surface area contributed by atoms with E-state index in [4.69, 9.17) is 11.6 Å². The Bertz CT molecular complexity index is 599. The van der Waals surface area contributed by atoms with Crippen molar-refractivity contribution in [1.29, 1.82) is 0 Å². The zero-order chi connectivity index (χ0) is 12.6. The normalized spacial score (nSPS) is 11.1. The first-order valence-corrected chi connectivity index (χ1v) is 5.49. The molecule has 0 unspecified atom stereocenters. The number of hydrogen-bond donors (Lipinski definition) is 0. The summed E-state index contributed by atoms with van der Waals surface area (Å²) in [5, 5.41) is 11.7. The molecule has 2 aromatic rings. The molecule has 1 aromatic carbocycles. The molecule has 0 atom stereocenters. The highest BCUT2D eigenvalue weighted by Crippen LogP contribution is 2.29. The molecular weight excluding hydrogens is 242 g/mol. The van der Waals surface area contributed by atoms with E-state index in [1.54, 1.807) is 12.1 Å². The second-order valence-corrected chi connectivity index (χ2v) is 4.32. The minimum absolute atomic E-state index is 0.0475. The number of benzene rings is 1. The van der Waals surface area contributed by atoms with Gasteiger partial charge in [-0.3, -0.25) is 10.1 Å². The number of non-ortho nitro benzene ring substituents is 1. The number of para-hydroxylation sites is 1. The average Bonchev–Trinajstić information content (AvgIpc) is 2.27. The van der Waals surface area contributed by atoms with Gasteiger partial charge in [-0.2, -0.15) is 0 Å². The van der Waals surface area contributed by atoms with Gasteiger partial charge >= 0.3 is 0 Å². The number of rotatable bonds is 2. The Hall–Kier alpha value is -1.75. The zero-order valence-electron chi connectivity index (χ0n) is 9.35. The Labute approximate surface area is 103 Å². The van der Waals surface area contributed by atoms with Crippen molar-refractivity contribution in [3.8, 4) is 0 Å². The predicted octanol–water partition coefficient (Wildman–Crippen LogP) is 3.31. The van der Waals surface area contributed by atoms with Crippen LogP contribution in [0.25, 0.3) is 10.9 Å². The molecule has 0 fully saturated rings. The fourth-order valence-electron chi connectivity index (χ4n) is 1.52. The predicted molar refractivity (Wildman–Crippen MR) is 65.3 cm³/mol. The van der Waals surface area contributed by atoms with E-state index in [9.17, 15) is 10.1 Å². The van der Waals surface area contributed by atoms with E-state index in [1.165, 1.54) is 6.07 Å². The Kier molecular flexibility index (Phi) is 2.93. The monoisotopic (exact) mass is 251 g/mol. The highest BCUT2D eigenvalue weighted by molar-refractivity contribution is 6.34. The van der Waals surface area contributed by atoms with Crippen molar-refractivity contribution >= 4 is 28.2 Å². The number of nitrogens with zero attached hydrogens (tertiary/aromatic N) is 3. The molecule has 0 radical (unpaired) electrons. The largest absolute Gasteiger partial charge is 0.295 e. The van der Waals surface area contributed by atoms with Crippen LogP contribution in [0.4, 0.5) is 5.69 Å². The van der Waals surface area contributed by atoms with E-state index in [-0.39, 0.29) is 16.8 Å². The van der Waals surface area contributed by atoms with E-state index in [0.717, 1.165) is 0 Å². The summed E-state index contributed by atoms with van der Waals surface area (Å²) in [5.74, 6) is 0.577. The van der Waals surface area contributed by atoms with Crippen molar-refractivity contribution < 1.29 is 4.92 Å². The van der Waals surface area contributed by atoms with Gasteiger partial charge < -0.3 is 0 Å². The van der Waals surface area contributed by atoms with Crippen LogP contribution in [0.1, 0.15) is 25.6 Å². The quantitative estimate of drug-likeness (QED) is 0.466. The molecule has 0 spiro atoms. The molecule has 0 aliphatic rings. The van der Waals surface area contributed by atoms with E-state index in [1.807, 2.05) is 13.8 Å². The molecule has 0 bridgehead atoms. The van der Waals surface area contributed by atoms with Crippen molar-refractivity contribution in [2.45, 2.75) is 19.8 Å². The average molecular weight is 252 g/mol. The van der Waals surface area contributed by atoms with Crippen LogP contribution in [0.2, 0.25) is 5.15 Å². The second-order valence-electron chi connectivity index (χ2n) is 3.96. The van der Waals surface area contributed by atoms with Gasteiger partial charge in [0.05, 0.1) is 4.92 Å². The van der Waals surface area contributed by atoms with Gasteiger partial charge in [-0.1, -0.05) is 31.5 Å². The summed E-state index contributed by atoms with van der Waals surface area (Å²) >= 11 is 6.01. The molecule has 0 amide bonds.